The van der Waals surface area contributed by atoms with Crippen molar-refractivity contribution in [3.8, 4) is 5.69 Å². The van der Waals surface area contributed by atoms with Crippen LogP contribution < -0.4 is 15.1 Å². The number of thioether (sulfide) groups is 1. The zero-order valence-corrected chi connectivity index (χ0v) is 20.3. The molecule has 0 saturated carbocycles. The van der Waals surface area contributed by atoms with E-state index in [1.54, 1.807) is 10.6 Å². The van der Waals surface area contributed by atoms with Crippen molar-refractivity contribution in [2.45, 2.75) is 24.4 Å². The van der Waals surface area contributed by atoms with Crippen LogP contribution >= 0.6 is 11.8 Å². The predicted molar refractivity (Wildman–Crippen MR) is 136 cm³/mol. The minimum absolute atomic E-state index is 0.137. The molecule has 184 valence electrons. The Balaban J connectivity index is 1.26. The molecule has 0 unspecified atom stereocenters. The van der Waals surface area contributed by atoms with E-state index in [0.717, 1.165) is 18.8 Å². The van der Waals surface area contributed by atoms with Crippen LogP contribution in [0.4, 0.5) is 21.7 Å². The Kier molecular flexibility index (Phi) is 7.48. The maximum Gasteiger partial charge on any atom is 0.234 e. The van der Waals surface area contributed by atoms with Crippen LogP contribution in [0.25, 0.3) is 5.69 Å². The molecule has 0 radical (unpaired) electrons. The van der Waals surface area contributed by atoms with Crippen molar-refractivity contribution in [2.75, 3.05) is 60.3 Å². The first-order chi connectivity index (χ1) is 17.2. The normalized spacial score (nSPS) is 16.4. The van der Waals surface area contributed by atoms with Crippen molar-refractivity contribution < 1.29 is 13.9 Å². The lowest BCUT2D eigenvalue weighted by Crippen LogP contribution is -2.37. The molecule has 8 nitrogen and oxygen atoms in total. The first-order valence-corrected chi connectivity index (χ1v) is 13.0. The summed E-state index contributed by atoms with van der Waals surface area (Å²) in [5, 5.41) is 12.2. The number of nitrogens with zero attached hydrogens (tertiary/aromatic N) is 5. The molecular weight excluding hydrogens is 467 g/mol. The van der Waals surface area contributed by atoms with Crippen LogP contribution in [-0.4, -0.2) is 65.8 Å². The Morgan fingerprint density at radius 1 is 0.943 bits per heavy atom. The Hall–Kier alpha value is -3.11. The van der Waals surface area contributed by atoms with Gasteiger partial charge < -0.3 is 19.9 Å². The number of morpholine rings is 1. The Bertz CT molecular complexity index is 1140. The summed E-state index contributed by atoms with van der Waals surface area (Å²) >= 11 is 1.27. The summed E-state index contributed by atoms with van der Waals surface area (Å²) in [5.41, 5.74) is 2.57. The highest BCUT2D eigenvalue weighted by Gasteiger charge is 2.22. The van der Waals surface area contributed by atoms with E-state index >= 15 is 0 Å². The molecule has 0 bridgehead atoms. The van der Waals surface area contributed by atoms with Gasteiger partial charge in [-0.1, -0.05) is 17.8 Å². The number of amides is 1. The fraction of sp³-hybridized carbons (Fsp3) is 0.400. The summed E-state index contributed by atoms with van der Waals surface area (Å²) in [6, 6.07) is 14.3. The topological polar surface area (TPSA) is 75.5 Å². The number of halogens is 1. The van der Waals surface area contributed by atoms with E-state index in [2.05, 4.69) is 37.4 Å². The largest absolute Gasteiger partial charge is 0.378 e. The zero-order chi connectivity index (χ0) is 24.0. The molecule has 2 aromatic carbocycles. The monoisotopic (exact) mass is 496 g/mol. The summed E-state index contributed by atoms with van der Waals surface area (Å²) in [4.78, 5) is 17.1. The van der Waals surface area contributed by atoms with Gasteiger partial charge in [0.2, 0.25) is 11.9 Å². The highest BCUT2D eigenvalue weighted by Crippen LogP contribution is 2.28. The van der Waals surface area contributed by atoms with Gasteiger partial charge in [-0.2, -0.15) is 0 Å². The lowest BCUT2D eigenvalue weighted by Gasteiger charge is -2.28. The summed E-state index contributed by atoms with van der Waals surface area (Å²) in [6.45, 7) is 4.70. The quantitative estimate of drug-likeness (QED) is 0.496. The molecule has 2 aliphatic rings. The average Bonchev–Trinajstić information content (AvgIpc) is 3.33. The highest BCUT2D eigenvalue weighted by molar-refractivity contribution is 7.99. The Morgan fingerprint density at radius 3 is 2.46 bits per heavy atom. The average molecular weight is 497 g/mol. The van der Waals surface area contributed by atoms with Crippen molar-refractivity contribution in [1.82, 2.24) is 14.8 Å². The van der Waals surface area contributed by atoms with Crippen LogP contribution in [0.3, 0.4) is 0 Å². The van der Waals surface area contributed by atoms with Crippen LogP contribution in [-0.2, 0) is 9.53 Å². The highest BCUT2D eigenvalue weighted by atomic mass is 32.2. The second kappa shape index (κ2) is 11.1. The summed E-state index contributed by atoms with van der Waals surface area (Å²) < 4.78 is 21.3. The summed E-state index contributed by atoms with van der Waals surface area (Å²) in [6.07, 6.45) is 3.75. The minimum Gasteiger partial charge on any atom is -0.378 e. The molecule has 0 spiro atoms. The fourth-order valence-electron chi connectivity index (χ4n) is 4.40. The molecule has 5 rings (SSSR count). The molecule has 1 N–H and O–H groups in total. The van der Waals surface area contributed by atoms with E-state index in [1.807, 2.05) is 18.2 Å². The lowest BCUT2D eigenvalue weighted by atomic mass is 10.1. The second-order valence-corrected chi connectivity index (χ2v) is 9.57. The van der Waals surface area contributed by atoms with Crippen molar-refractivity contribution in [3.63, 3.8) is 0 Å². The third-order valence-corrected chi connectivity index (χ3v) is 7.11. The molecule has 3 heterocycles. The van der Waals surface area contributed by atoms with Crippen LogP contribution in [0.5, 0.6) is 0 Å². The van der Waals surface area contributed by atoms with Gasteiger partial charge in [0.1, 0.15) is 5.82 Å². The van der Waals surface area contributed by atoms with Gasteiger partial charge in [-0.25, -0.2) is 4.39 Å². The van der Waals surface area contributed by atoms with Gasteiger partial charge in [0.25, 0.3) is 0 Å². The molecule has 1 aromatic heterocycles. The zero-order valence-electron chi connectivity index (χ0n) is 19.5. The van der Waals surface area contributed by atoms with Crippen molar-refractivity contribution in [3.05, 3.63) is 54.3 Å². The van der Waals surface area contributed by atoms with Crippen LogP contribution in [0.15, 0.2) is 53.7 Å². The van der Waals surface area contributed by atoms with Gasteiger partial charge in [0.05, 0.1) is 24.7 Å². The number of nitrogens with one attached hydrogen (secondary N) is 1. The second-order valence-electron chi connectivity index (χ2n) is 8.63. The first kappa shape index (κ1) is 23.6. The van der Waals surface area contributed by atoms with Gasteiger partial charge in [-0.05, 0) is 61.7 Å². The third kappa shape index (κ3) is 5.76. The minimum atomic E-state index is -0.342. The SMILES string of the molecule is O=C(CSc1nnc(N2CCOCC2)n1-c1cccc(F)c1)Nc1ccc(N2CCCCC2)cc1. The number of hydrogen-bond acceptors (Lipinski definition) is 7. The number of rotatable bonds is 7. The number of carbonyl (C=O) groups excluding carboxylic acids is 1. The molecule has 0 atom stereocenters. The van der Waals surface area contributed by atoms with Gasteiger partial charge in [-0.15, -0.1) is 10.2 Å². The van der Waals surface area contributed by atoms with Crippen LogP contribution in [0.2, 0.25) is 0 Å². The number of benzene rings is 2. The van der Waals surface area contributed by atoms with E-state index in [9.17, 15) is 9.18 Å². The number of piperidine rings is 1. The molecule has 35 heavy (non-hydrogen) atoms. The van der Waals surface area contributed by atoms with Gasteiger partial charge >= 0.3 is 0 Å². The van der Waals surface area contributed by atoms with Crippen LogP contribution in [0, 0.1) is 5.82 Å². The van der Waals surface area contributed by atoms with Gasteiger partial charge in [0.15, 0.2) is 5.16 Å². The Labute approximate surface area is 208 Å². The number of aromatic nitrogens is 3. The molecule has 3 aromatic rings. The number of ether oxygens (including phenoxy) is 1. The molecule has 0 aliphatic carbocycles. The molecule has 10 heteroatoms. The summed E-state index contributed by atoms with van der Waals surface area (Å²) in [5.74, 6) is 0.299. The molecule has 2 fully saturated rings. The molecule has 2 saturated heterocycles. The van der Waals surface area contributed by atoms with Crippen molar-refractivity contribution in [1.29, 1.82) is 0 Å². The van der Waals surface area contributed by atoms with E-state index < -0.39 is 0 Å². The van der Waals surface area contributed by atoms with E-state index in [0.29, 0.717) is 43.1 Å². The maximum atomic E-state index is 14.0. The smallest absolute Gasteiger partial charge is 0.234 e. The standard InChI is InChI=1S/C25H29FN6O2S/c26-19-5-4-6-22(17-19)32-24(31-13-15-34-16-14-31)28-29-25(32)35-18-23(33)27-20-7-9-21(10-8-20)30-11-2-1-3-12-30/h4-10,17H,1-3,11-16,18H2,(H,27,33). The first-order valence-electron chi connectivity index (χ1n) is 12.0. The van der Waals surface area contributed by atoms with E-state index in [-0.39, 0.29) is 17.5 Å². The number of carbonyl (C=O) groups is 1. The number of anilines is 3. The molecule has 2 aliphatic heterocycles. The lowest BCUT2D eigenvalue weighted by molar-refractivity contribution is -0.113. The summed E-state index contributed by atoms with van der Waals surface area (Å²) in [7, 11) is 0. The number of hydrogen-bond donors (Lipinski definition) is 1. The maximum absolute atomic E-state index is 14.0. The fourth-order valence-corrected chi connectivity index (χ4v) is 5.15. The predicted octanol–water partition coefficient (Wildman–Crippen LogP) is 3.96. The Morgan fingerprint density at radius 2 is 1.71 bits per heavy atom. The molecular formula is C25H29FN6O2S. The van der Waals surface area contributed by atoms with E-state index in [4.69, 9.17) is 4.74 Å². The van der Waals surface area contributed by atoms with Gasteiger partial charge in [0, 0.05) is 37.6 Å². The van der Waals surface area contributed by atoms with Crippen molar-refractivity contribution >= 4 is 35.0 Å². The van der Waals surface area contributed by atoms with E-state index in [1.165, 1.54) is 48.8 Å². The van der Waals surface area contributed by atoms with Gasteiger partial charge in [-0.3, -0.25) is 9.36 Å². The molecule has 1 amide bonds. The van der Waals surface area contributed by atoms with Crippen LogP contribution in [0.1, 0.15) is 19.3 Å². The van der Waals surface area contributed by atoms with Crippen molar-refractivity contribution in [2.24, 2.45) is 0 Å². The third-order valence-electron chi connectivity index (χ3n) is 6.18.